The number of piperidine rings is 1. The van der Waals surface area contributed by atoms with Gasteiger partial charge in [0.15, 0.2) is 6.10 Å². The van der Waals surface area contributed by atoms with E-state index in [-0.39, 0.29) is 6.54 Å². The van der Waals surface area contributed by atoms with Gasteiger partial charge in [-0.3, -0.25) is 4.79 Å². The monoisotopic (exact) mass is 310 g/mol. The third-order valence-corrected chi connectivity index (χ3v) is 3.96. The molecule has 1 heterocycles. The van der Waals surface area contributed by atoms with Gasteiger partial charge in [-0.1, -0.05) is 30.3 Å². The summed E-state index contributed by atoms with van der Waals surface area (Å²) in [5, 5.41) is 44.7. The Morgan fingerprint density at radius 1 is 1.18 bits per heavy atom. The van der Waals surface area contributed by atoms with E-state index in [1.165, 1.54) is 0 Å². The fourth-order valence-corrected chi connectivity index (χ4v) is 2.54. The van der Waals surface area contributed by atoms with Gasteiger partial charge in [0.05, 0.1) is 18.2 Å². The van der Waals surface area contributed by atoms with E-state index in [2.05, 4.69) is 10.6 Å². The number of amides is 1. The smallest absolute Gasteiger partial charge is 0.253 e. The first-order valence-corrected chi connectivity index (χ1v) is 7.22. The fraction of sp³-hybridized carbons (Fsp3) is 0.533. The minimum atomic E-state index is -1.30. The van der Waals surface area contributed by atoms with Gasteiger partial charge >= 0.3 is 0 Å². The number of hydrogen-bond acceptors (Lipinski definition) is 6. The van der Waals surface area contributed by atoms with Gasteiger partial charge in [0.2, 0.25) is 0 Å². The molecule has 0 radical (unpaired) electrons. The summed E-state index contributed by atoms with van der Waals surface area (Å²) in [4.78, 5) is 11.9. The molecule has 122 valence electrons. The molecule has 7 nitrogen and oxygen atoms in total. The van der Waals surface area contributed by atoms with E-state index in [0.717, 1.165) is 0 Å². The maximum absolute atomic E-state index is 11.9. The van der Waals surface area contributed by atoms with Crippen molar-refractivity contribution in [1.82, 2.24) is 10.6 Å². The predicted octanol–water partition coefficient (Wildman–Crippen LogP) is -1.72. The van der Waals surface area contributed by atoms with E-state index in [9.17, 15) is 25.2 Å². The SMILES string of the molecule is C[C@@H]1N[C@H](CNC(=O)C(O)c2ccccc2)[C@@H](O)[C@H](O)[C@@H]1O. The molecular formula is C15H22N2O5. The van der Waals surface area contributed by atoms with Gasteiger partial charge in [-0.25, -0.2) is 0 Å². The summed E-state index contributed by atoms with van der Waals surface area (Å²) < 4.78 is 0. The molecule has 1 aliphatic heterocycles. The molecule has 0 spiro atoms. The number of carbonyl (C=O) groups is 1. The molecule has 0 aliphatic carbocycles. The van der Waals surface area contributed by atoms with Crippen LogP contribution in [0.15, 0.2) is 30.3 Å². The Bertz CT molecular complexity index is 498. The summed E-state index contributed by atoms with van der Waals surface area (Å²) in [5.74, 6) is -0.589. The number of hydrogen-bond donors (Lipinski definition) is 6. The summed E-state index contributed by atoms with van der Waals surface area (Å²) in [6, 6.07) is 7.47. The lowest BCUT2D eigenvalue weighted by Crippen LogP contribution is -2.66. The minimum Gasteiger partial charge on any atom is -0.389 e. The van der Waals surface area contributed by atoms with Gasteiger partial charge in [-0.05, 0) is 12.5 Å². The lowest BCUT2D eigenvalue weighted by Gasteiger charge is -2.40. The highest BCUT2D eigenvalue weighted by Gasteiger charge is 2.40. The van der Waals surface area contributed by atoms with Crippen molar-refractivity contribution >= 4 is 5.91 Å². The largest absolute Gasteiger partial charge is 0.389 e. The van der Waals surface area contributed by atoms with Gasteiger partial charge in [0, 0.05) is 12.6 Å². The van der Waals surface area contributed by atoms with Crippen molar-refractivity contribution in [2.24, 2.45) is 0 Å². The van der Waals surface area contributed by atoms with E-state index >= 15 is 0 Å². The Labute approximate surface area is 128 Å². The topological polar surface area (TPSA) is 122 Å². The third kappa shape index (κ3) is 3.63. The Balaban J connectivity index is 1.91. The number of aliphatic hydroxyl groups excluding tert-OH is 4. The molecule has 1 aromatic carbocycles. The Morgan fingerprint density at radius 3 is 2.45 bits per heavy atom. The van der Waals surface area contributed by atoms with Crippen molar-refractivity contribution < 1.29 is 25.2 Å². The van der Waals surface area contributed by atoms with Gasteiger partial charge in [-0.2, -0.15) is 0 Å². The van der Waals surface area contributed by atoms with E-state index in [1.54, 1.807) is 37.3 Å². The molecule has 1 aromatic rings. The minimum absolute atomic E-state index is 0.0258. The quantitative estimate of drug-likeness (QED) is 0.393. The van der Waals surface area contributed by atoms with Crippen LogP contribution in [0.3, 0.4) is 0 Å². The zero-order valence-corrected chi connectivity index (χ0v) is 12.3. The molecule has 1 saturated heterocycles. The molecule has 22 heavy (non-hydrogen) atoms. The number of carbonyl (C=O) groups excluding carboxylic acids is 1. The Morgan fingerprint density at radius 2 is 1.82 bits per heavy atom. The van der Waals surface area contributed by atoms with Crippen LogP contribution in [0.25, 0.3) is 0 Å². The van der Waals surface area contributed by atoms with Crippen molar-refractivity contribution in [3.8, 4) is 0 Å². The molecule has 0 saturated carbocycles. The number of nitrogens with one attached hydrogen (secondary N) is 2. The van der Waals surface area contributed by atoms with Gasteiger partial charge in [-0.15, -0.1) is 0 Å². The van der Waals surface area contributed by atoms with Crippen molar-refractivity contribution in [3.63, 3.8) is 0 Å². The highest BCUT2D eigenvalue weighted by molar-refractivity contribution is 5.81. The van der Waals surface area contributed by atoms with E-state index in [1.807, 2.05) is 0 Å². The van der Waals surface area contributed by atoms with Crippen LogP contribution >= 0.6 is 0 Å². The van der Waals surface area contributed by atoms with Crippen LogP contribution in [0.5, 0.6) is 0 Å². The van der Waals surface area contributed by atoms with E-state index in [4.69, 9.17) is 0 Å². The van der Waals surface area contributed by atoms with Crippen molar-refractivity contribution in [1.29, 1.82) is 0 Å². The van der Waals surface area contributed by atoms with Crippen LogP contribution in [0, 0.1) is 0 Å². The van der Waals surface area contributed by atoms with Gasteiger partial charge in [0.1, 0.15) is 6.10 Å². The predicted molar refractivity (Wildman–Crippen MR) is 78.8 cm³/mol. The summed E-state index contributed by atoms with van der Waals surface area (Å²) in [6.45, 7) is 1.70. The van der Waals surface area contributed by atoms with E-state index < -0.39 is 42.4 Å². The fourth-order valence-electron chi connectivity index (χ4n) is 2.54. The summed E-state index contributed by atoms with van der Waals surface area (Å²) in [7, 11) is 0. The van der Waals surface area contributed by atoms with Crippen molar-refractivity contribution in [2.75, 3.05) is 6.54 Å². The second kappa shape index (κ2) is 7.17. The lowest BCUT2D eigenvalue weighted by atomic mass is 9.91. The molecule has 0 bridgehead atoms. The maximum Gasteiger partial charge on any atom is 0.253 e. The molecule has 1 amide bonds. The molecule has 1 aliphatic rings. The first kappa shape index (κ1) is 16.9. The molecular weight excluding hydrogens is 288 g/mol. The van der Waals surface area contributed by atoms with Gasteiger partial charge < -0.3 is 31.1 Å². The number of benzene rings is 1. The zero-order valence-electron chi connectivity index (χ0n) is 12.3. The average Bonchev–Trinajstić information content (AvgIpc) is 2.54. The maximum atomic E-state index is 11.9. The number of aliphatic hydroxyl groups is 4. The molecule has 2 rings (SSSR count). The van der Waals surface area contributed by atoms with Gasteiger partial charge in [0.25, 0.3) is 5.91 Å². The van der Waals surface area contributed by atoms with Crippen molar-refractivity contribution in [2.45, 2.75) is 43.4 Å². The lowest BCUT2D eigenvalue weighted by molar-refractivity contribution is -0.131. The first-order valence-electron chi connectivity index (χ1n) is 7.22. The molecule has 1 fully saturated rings. The molecule has 7 heteroatoms. The highest BCUT2D eigenvalue weighted by Crippen LogP contribution is 2.16. The molecule has 6 atom stereocenters. The Kier molecular flexibility index (Phi) is 5.49. The van der Waals surface area contributed by atoms with Crippen LogP contribution in [-0.2, 0) is 4.79 Å². The molecule has 0 aromatic heterocycles. The van der Waals surface area contributed by atoms with Crippen LogP contribution in [0.1, 0.15) is 18.6 Å². The van der Waals surface area contributed by atoms with Crippen LogP contribution in [0.2, 0.25) is 0 Å². The van der Waals surface area contributed by atoms with Crippen LogP contribution in [-0.4, -0.2) is 63.3 Å². The van der Waals surface area contributed by atoms with Crippen molar-refractivity contribution in [3.05, 3.63) is 35.9 Å². The first-order chi connectivity index (χ1) is 10.4. The summed E-state index contributed by atoms with van der Waals surface area (Å²) in [6.07, 6.45) is -4.86. The zero-order chi connectivity index (χ0) is 16.3. The van der Waals surface area contributed by atoms with Crippen LogP contribution < -0.4 is 10.6 Å². The standard InChI is InChI=1S/C15H22N2O5/c1-8-11(18)14(21)13(20)10(17-8)7-16-15(22)12(19)9-5-3-2-4-6-9/h2-6,8,10-14,17-21H,7H2,1H3,(H,16,22)/t8-,10+,11+,12?,13+,14+/m0/s1. The van der Waals surface area contributed by atoms with Crippen LogP contribution in [0.4, 0.5) is 0 Å². The summed E-state index contributed by atoms with van der Waals surface area (Å²) in [5.41, 5.74) is 0.473. The second-order valence-electron chi connectivity index (χ2n) is 5.59. The molecule has 6 N–H and O–H groups in total. The average molecular weight is 310 g/mol. The summed E-state index contributed by atoms with van der Waals surface area (Å²) >= 11 is 0. The third-order valence-electron chi connectivity index (χ3n) is 3.96. The Hall–Kier alpha value is -1.51. The second-order valence-corrected chi connectivity index (χ2v) is 5.59. The normalized spacial score (nSPS) is 33.2. The number of rotatable bonds is 4. The van der Waals surface area contributed by atoms with E-state index in [0.29, 0.717) is 5.56 Å². The highest BCUT2D eigenvalue weighted by atomic mass is 16.4. The molecule has 1 unspecified atom stereocenters.